The highest BCUT2D eigenvalue weighted by atomic mass is 16.5. The molecule has 94 valence electrons. The van der Waals surface area contributed by atoms with Gasteiger partial charge in [0, 0.05) is 13.0 Å². The Kier molecular flexibility index (Phi) is 3.42. The molecule has 0 saturated heterocycles. The molecule has 7 nitrogen and oxygen atoms in total. The number of rotatable bonds is 4. The Morgan fingerprint density at radius 1 is 1.39 bits per heavy atom. The van der Waals surface area contributed by atoms with E-state index in [0.29, 0.717) is 12.3 Å². The lowest BCUT2D eigenvalue weighted by Gasteiger charge is -2.05. The van der Waals surface area contributed by atoms with Crippen molar-refractivity contribution < 1.29 is 19.5 Å². The fourth-order valence-electron chi connectivity index (χ4n) is 1.39. The van der Waals surface area contributed by atoms with Crippen molar-refractivity contribution in [1.82, 2.24) is 15.5 Å². The van der Waals surface area contributed by atoms with E-state index in [1.807, 2.05) is 0 Å². The largest absolute Gasteiger partial charge is 0.508 e. The summed E-state index contributed by atoms with van der Waals surface area (Å²) in [6.45, 7) is 0.288. The van der Waals surface area contributed by atoms with Crippen LogP contribution in [0.5, 0.6) is 11.5 Å². The van der Waals surface area contributed by atoms with Crippen LogP contribution >= 0.6 is 0 Å². The molecule has 3 N–H and O–H groups in total. The van der Waals surface area contributed by atoms with E-state index in [4.69, 9.17) is 4.52 Å². The number of benzene rings is 1. The highest BCUT2D eigenvalue weighted by molar-refractivity contribution is 5.97. The summed E-state index contributed by atoms with van der Waals surface area (Å²) in [7, 11) is 0. The van der Waals surface area contributed by atoms with Gasteiger partial charge in [-0.3, -0.25) is 4.79 Å². The van der Waals surface area contributed by atoms with Crippen molar-refractivity contribution in [3.8, 4) is 11.5 Å². The van der Waals surface area contributed by atoms with Gasteiger partial charge in [0.25, 0.3) is 5.91 Å². The Morgan fingerprint density at radius 3 is 2.94 bits per heavy atom. The summed E-state index contributed by atoms with van der Waals surface area (Å²) in [5.74, 6) is -0.351. The van der Waals surface area contributed by atoms with Crippen LogP contribution in [0.4, 0.5) is 0 Å². The Morgan fingerprint density at radius 2 is 2.22 bits per heavy atom. The van der Waals surface area contributed by atoms with E-state index < -0.39 is 5.91 Å². The van der Waals surface area contributed by atoms with E-state index in [1.54, 1.807) is 0 Å². The van der Waals surface area contributed by atoms with Crippen LogP contribution in [0.2, 0.25) is 0 Å². The van der Waals surface area contributed by atoms with Gasteiger partial charge in [0.05, 0.1) is 5.56 Å². The van der Waals surface area contributed by atoms with Crippen LogP contribution in [0.15, 0.2) is 29.0 Å². The highest BCUT2D eigenvalue weighted by Gasteiger charge is 2.11. The zero-order valence-electron chi connectivity index (χ0n) is 9.33. The van der Waals surface area contributed by atoms with Crippen molar-refractivity contribution >= 4 is 5.91 Å². The number of nitrogens with one attached hydrogen (secondary N) is 1. The fraction of sp³-hybridized carbons (Fsp3) is 0.182. The fourth-order valence-corrected chi connectivity index (χ4v) is 1.39. The molecule has 2 aromatic rings. The highest BCUT2D eigenvalue weighted by Crippen LogP contribution is 2.21. The maximum absolute atomic E-state index is 11.7. The van der Waals surface area contributed by atoms with Crippen LogP contribution in [0.1, 0.15) is 16.2 Å². The first-order valence-corrected chi connectivity index (χ1v) is 5.22. The maximum Gasteiger partial charge on any atom is 0.255 e. The summed E-state index contributed by atoms with van der Waals surface area (Å²) < 4.78 is 4.76. The van der Waals surface area contributed by atoms with Gasteiger partial charge in [-0.25, -0.2) is 0 Å². The Bertz CT molecular complexity index is 539. The molecule has 0 atom stereocenters. The zero-order chi connectivity index (χ0) is 13.0. The summed E-state index contributed by atoms with van der Waals surface area (Å²) >= 11 is 0. The van der Waals surface area contributed by atoms with Gasteiger partial charge in [0.2, 0.25) is 5.89 Å². The number of aromatic nitrogens is 2. The first-order valence-electron chi connectivity index (χ1n) is 5.22. The number of hydrogen-bond donors (Lipinski definition) is 3. The lowest BCUT2D eigenvalue weighted by Crippen LogP contribution is -2.25. The van der Waals surface area contributed by atoms with Crippen LogP contribution in [-0.2, 0) is 6.42 Å². The van der Waals surface area contributed by atoms with Gasteiger partial charge in [-0.1, -0.05) is 5.16 Å². The molecular formula is C11H11N3O4. The van der Waals surface area contributed by atoms with Gasteiger partial charge >= 0.3 is 0 Å². The normalized spacial score (nSPS) is 10.2. The number of amides is 1. The lowest BCUT2D eigenvalue weighted by molar-refractivity contribution is 0.0950. The monoisotopic (exact) mass is 249 g/mol. The molecule has 1 aromatic heterocycles. The third kappa shape index (κ3) is 2.76. The second-order valence-electron chi connectivity index (χ2n) is 3.54. The molecule has 7 heteroatoms. The van der Waals surface area contributed by atoms with Crippen molar-refractivity contribution in [2.75, 3.05) is 6.54 Å². The second-order valence-corrected chi connectivity index (χ2v) is 3.54. The first-order chi connectivity index (χ1) is 8.66. The first kappa shape index (κ1) is 11.9. The topological polar surface area (TPSA) is 108 Å². The Labute approximate surface area is 102 Å². The van der Waals surface area contributed by atoms with Crippen LogP contribution in [0.25, 0.3) is 0 Å². The van der Waals surface area contributed by atoms with E-state index in [9.17, 15) is 15.0 Å². The third-order valence-electron chi connectivity index (χ3n) is 2.26. The van der Waals surface area contributed by atoms with Crippen LogP contribution in [0.3, 0.4) is 0 Å². The zero-order valence-corrected chi connectivity index (χ0v) is 9.33. The molecule has 0 unspecified atom stereocenters. The number of nitrogens with zero attached hydrogens (tertiary/aromatic N) is 2. The number of hydrogen-bond acceptors (Lipinski definition) is 6. The quantitative estimate of drug-likeness (QED) is 0.679. The van der Waals surface area contributed by atoms with Crippen molar-refractivity contribution in [2.24, 2.45) is 0 Å². The second kappa shape index (κ2) is 5.17. The molecule has 0 radical (unpaired) electrons. The number of phenolic OH excluding ortho intramolecular Hbond substituents is 2. The molecule has 1 aromatic carbocycles. The van der Waals surface area contributed by atoms with Crippen molar-refractivity contribution in [1.29, 1.82) is 0 Å². The molecule has 0 bridgehead atoms. The Balaban J connectivity index is 1.93. The predicted octanol–water partition coefficient (Wildman–Crippen LogP) is 0.453. The molecule has 0 spiro atoms. The minimum absolute atomic E-state index is 0.0144. The van der Waals surface area contributed by atoms with Crippen LogP contribution in [0, 0.1) is 0 Å². The number of aromatic hydroxyl groups is 2. The average Bonchev–Trinajstić information content (AvgIpc) is 2.85. The Hall–Kier alpha value is -2.57. The SMILES string of the molecule is O=C(NCCc1ncno1)c1cc(O)ccc1O. The summed E-state index contributed by atoms with van der Waals surface area (Å²) in [5.41, 5.74) is 0.0144. The van der Waals surface area contributed by atoms with Gasteiger partial charge in [0.15, 0.2) is 6.33 Å². The molecule has 0 aliphatic rings. The van der Waals surface area contributed by atoms with Crippen LogP contribution in [-0.4, -0.2) is 32.8 Å². The number of carbonyl (C=O) groups is 1. The van der Waals surface area contributed by atoms with Crippen molar-refractivity contribution in [2.45, 2.75) is 6.42 Å². The van der Waals surface area contributed by atoms with Gasteiger partial charge in [0.1, 0.15) is 11.5 Å². The minimum atomic E-state index is -0.483. The molecule has 18 heavy (non-hydrogen) atoms. The maximum atomic E-state index is 11.7. The molecule has 0 aliphatic heterocycles. The van der Waals surface area contributed by atoms with E-state index >= 15 is 0 Å². The summed E-state index contributed by atoms with van der Waals surface area (Å²) in [6, 6.07) is 3.74. The smallest absolute Gasteiger partial charge is 0.255 e. The summed E-state index contributed by atoms with van der Waals surface area (Å²) in [5, 5.41) is 24.7. The van der Waals surface area contributed by atoms with Gasteiger partial charge in [-0.15, -0.1) is 0 Å². The molecule has 0 fully saturated rings. The molecule has 1 heterocycles. The molecule has 0 aliphatic carbocycles. The predicted molar refractivity (Wildman–Crippen MR) is 60.1 cm³/mol. The summed E-state index contributed by atoms with van der Waals surface area (Å²) in [4.78, 5) is 15.5. The van der Waals surface area contributed by atoms with E-state index in [0.717, 1.165) is 0 Å². The van der Waals surface area contributed by atoms with Crippen molar-refractivity contribution in [3.63, 3.8) is 0 Å². The molecule has 0 saturated carbocycles. The van der Waals surface area contributed by atoms with Gasteiger partial charge in [-0.2, -0.15) is 4.98 Å². The minimum Gasteiger partial charge on any atom is -0.508 e. The number of phenols is 2. The van der Waals surface area contributed by atoms with E-state index in [1.165, 1.54) is 24.5 Å². The van der Waals surface area contributed by atoms with Crippen molar-refractivity contribution in [3.05, 3.63) is 36.0 Å². The van der Waals surface area contributed by atoms with E-state index in [-0.39, 0.29) is 23.6 Å². The molecular weight excluding hydrogens is 238 g/mol. The number of carbonyl (C=O) groups excluding carboxylic acids is 1. The van der Waals surface area contributed by atoms with Gasteiger partial charge < -0.3 is 20.1 Å². The average molecular weight is 249 g/mol. The van der Waals surface area contributed by atoms with E-state index in [2.05, 4.69) is 15.5 Å². The third-order valence-corrected chi connectivity index (χ3v) is 2.26. The van der Waals surface area contributed by atoms with Gasteiger partial charge in [-0.05, 0) is 18.2 Å². The molecule has 2 rings (SSSR count). The molecule has 1 amide bonds. The standard InChI is InChI=1S/C11H11N3O4/c15-7-1-2-9(16)8(5-7)11(17)12-4-3-10-13-6-14-18-10/h1-2,5-6,15-16H,3-4H2,(H,12,17). The van der Waals surface area contributed by atoms with Crippen LogP contribution < -0.4 is 5.32 Å². The summed E-state index contributed by atoms with van der Waals surface area (Å²) in [6.07, 6.45) is 1.67. The lowest BCUT2D eigenvalue weighted by atomic mass is 10.1.